The second-order valence-electron chi connectivity index (χ2n) is 6.11. The molecule has 1 heterocycles. The van der Waals surface area contributed by atoms with Crippen molar-refractivity contribution in [3.05, 3.63) is 41.2 Å². The van der Waals surface area contributed by atoms with Crippen molar-refractivity contribution in [3.8, 4) is 16.9 Å². The molecular formula is C20H26N2O4. The van der Waals surface area contributed by atoms with Gasteiger partial charge in [0, 0.05) is 43.6 Å². The summed E-state index contributed by atoms with van der Waals surface area (Å²) in [5.74, 6) is -0.358. The largest absolute Gasteiger partial charge is 0.427 e. The van der Waals surface area contributed by atoms with Crippen LogP contribution in [0.5, 0.6) is 5.75 Å². The van der Waals surface area contributed by atoms with Gasteiger partial charge in [0.15, 0.2) is 0 Å². The van der Waals surface area contributed by atoms with Gasteiger partial charge in [-0.1, -0.05) is 12.1 Å². The molecule has 0 unspecified atom stereocenters. The summed E-state index contributed by atoms with van der Waals surface area (Å²) in [5.41, 5.74) is 9.70. The predicted molar refractivity (Wildman–Crippen MR) is 100 cm³/mol. The Balaban J connectivity index is 2.40. The Kier molecular flexibility index (Phi) is 6.58. The summed E-state index contributed by atoms with van der Waals surface area (Å²) in [5, 5.41) is 0. The van der Waals surface area contributed by atoms with E-state index in [1.807, 2.05) is 32.9 Å². The van der Waals surface area contributed by atoms with E-state index in [0.29, 0.717) is 24.5 Å². The van der Waals surface area contributed by atoms with Crippen LogP contribution >= 0.6 is 0 Å². The minimum atomic E-state index is -0.451. The molecule has 1 aromatic carbocycles. The van der Waals surface area contributed by atoms with Crippen LogP contribution in [0.3, 0.4) is 0 Å². The fourth-order valence-corrected chi connectivity index (χ4v) is 3.20. The molecule has 0 aliphatic heterocycles. The normalized spacial score (nSPS) is 10.8. The Bertz CT molecular complexity index is 791. The van der Waals surface area contributed by atoms with E-state index in [1.54, 1.807) is 12.1 Å². The van der Waals surface area contributed by atoms with Crippen molar-refractivity contribution in [1.29, 1.82) is 0 Å². The maximum Gasteiger partial charge on any atom is 0.308 e. The highest BCUT2D eigenvalue weighted by atomic mass is 16.5. The van der Waals surface area contributed by atoms with Crippen molar-refractivity contribution in [3.63, 3.8) is 0 Å². The first kappa shape index (κ1) is 19.7. The summed E-state index contributed by atoms with van der Waals surface area (Å²) in [6, 6.07) is 7.08. The maximum atomic E-state index is 12.1. The van der Waals surface area contributed by atoms with Crippen LogP contribution in [0.1, 0.15) is 42.0 Å². The quantitative estimate of drug-likeness (QED) is 0.446. The second-order valence-corrected chi connectivity index (χ2v) is 6.11. The number of ether oxygens (including phenoxy) is 2. The zero-order chi connectivity index (χ0) is 19.3. The van der Waals surface area contributed by atoms with Crippen LogP contribution in [0.15, 0.2) is 24.3 Å². The smallest absolute Gasteiger partial charge is 0.308 e. The fraction of sp³-hybridized carbons (Fsp3) is 0.400. The van der Waals surface area contributed by atoms with E-state index in [1.165, 1.54) is 6.92 Å². The Morgan fingerprint density at radius 1 is 1.12 bits per heavy atom. The first-order valence-corrected chi connectivity index (χ1v) is 8.72. The van der Waals surface area contributed by atoms with Gasteiger partial charge in [-0.05, 0) is 44.9 Å². The molecule has 0 aliphatic carbocycles. The molecule has 1 amide bonds. The number of nitrogens with two attached hydrogens (primary N) is 1. The molecule has 0 bridgehead atoms. The standard InChI is InChI=1S/C20H26N2O4/c1-5-25-12-6-11-22-13(2)18(19(14(22)3)20(21)24)16-7-9-17(10-8-16)26-15(4)23/h7-10H,5-6,11-12H2,1-4H3,(H2,21,24). The number of esters is 1. The third kappa shape index (κ3) is 4.32. The number of rotatable bonds is 8. The van der Waals surface area contributed by atoms with Crippen LogP contribution in [-0.4, -0.2) is 29.7 Å². The van der Waals surface area contributed by atoms with Crippen molar-refractivity contribution >= 4 is 11.9 Å². The van der Waals surface area contributed by atoms with E-state index < -0.39 is 5.91 Å². The highest BCUT2D eigenvalue weighted by molar-refractivity contribution is 6.02. The average Bonchev–Trinajstić information content (AvgIpc) is 2.83. The van der Waals surface area contributed by atoms with E-state index in [-0.39, 0.29) is 5.97 Å². The zero-order valence-electron chi connectivity index (χ0n) is 15.8. The molecule has 0 saturated carbocycles. The van der Waals surface area contributed by atoms with Crippen LogP contribution in [-0.2, 0) is 16.1 Å². The Morgan fingerprint density at radius 3 is 2.31 bits per heavy atom. The fourth-order valence-electron chi connectivity index (χ4n) is 3.20. The molecule has 26 heavy (non-hydrogen) atoms. The molecule has 140 valence electrons. The average molecular weight is 358 g/mol. The van der Waals surface area contributed by atoms with Crippen LogP contribution in [0, 0.1) is 13.8 Å². The Morgan fingerprint density at radius 2 is 1.77 bits per heavy atom. The van der Waals surface area contributed by atoms with Crippen LogP contribution in [0.4, 0.5) is 0 Å². The molecule has 0 fully saturated rings. The van der Waals surface area contributed by atoms with E-state index in [9.17, 15) is 9.59 Å². The lowest BCUT2D eigenvalue weighted by molar-refractivity contribution is -0.131. The SMILES string of the molecule is CCOCCCn1c(C)c(C(N)=O)c(-c2ccc(OC(C)=O)cc2)c1C. The number of nitrogens with zero attached hydrogens (tertiary/aromatic N) is 1. The second kappa shape index (κ2) is 8.67. The van der Waals surface area contributed by atoms with Crippen molar-refractivity contribution in [2.45, 2.75) is 40.7 Å². The minimum Gasteiger partial charge on any atom is -0.427 e. The number of amides is 1. The lowest BCUT2D eigenvalue weighted by Crippen LogP contribution is -2.13. The Labute approximate surface area is 153 Å². The summed E-state index contributed by atoms with van der Waals surface area (Å²) >= 11 is 0. The molecule has 0 saturated heterocycles. The molecule has 2 N–H and O–H groups in total. The molecule has 6 nitrogen and oxygen atoms in total. The molecule has 0 atom stereocenters. The predicted octanol–water partition coefficient (Wildman–Crippen LogP) is 3.22. The van der Waals surface area contributed by atoms with Crippen molar-refractivity contribution < 1.29 is 19.1 Å². The molecule has 1 aromatic heterocycles. The van der Waals surface area contributed by atoms with E-state index in [2.05, 4.69) is 4.57 Å². The Hall–Kier alpha value is -2.60. The van der Waals surface area contributed by atoms with Gasteiger partial charge in [-0.25, -0.2) is 0 Å². The number of benzene rings is 1. The third-order valence-electron chi connectivity index (χ3n) is 4.31. The van der Waals surface area contributed by atoms with Gasteiger partial charge in [-0.2, -0.15) is 0 Å². The van der Waals surface area contributed by atoms with E-state index >= 15 is 0 Å². The summed E-state index contributed by atoms with van der Waals surface area (Å²) in [6.07, 6.45) is 0.854. The summed E-state index contributed by atoms with van der Waals surface area (Å²) in [7, 11) is 0. The summed E-state index contributed by atoms with van der Waals surface area (Å²) < 4.78 is 12.6. The number of carbonyl (C=O) groups excluding carboxylic acids is 2. The number of carbonyl (C=O) groups is 2. The van der Waals surface area contributed by atoms with Crippen molar-refractivity contribution in [2.75, 3.05) is 13.2 Å². The molecule has 0 radical (unpaired) electrons. The molecule has 2 aromatic rings. The minimum absolute atomic E-state index is 0.372. The number of hydrogen-bond donors (Lipinski definition) is 1. The van der Waals surface area contributed by atoms with Gasteiger partial charge in [-0.15, -0.1) is 0 Å². The molecule has 0 aliphatic rings. The monoisotopic (exact) mass is 358 g/mol. The van der Waals surface area contributed by atoms with Gasteiger partial charge in [-0.3, -0.25) is 9.59 Å². The highest BCUT2D eigenvalue weighted by Crippen LogP contribution is 2.33. The van der Waals surface area contributed by atoms with E-state index in [4.69, 9.17) is 15.2 Å². The number of hydrogen-bond acceptors (Lipinski definition) is 4. The van der Waals surface area contributed by atoms with Gasteiger partial charge in [0.1, 0.15) is 5.75 Å². The summed E-state index contributed by atoms with van der Waals surface area (Å²) in [4.78, 5) is 23.1. The molecule has 2 rings (SSSR count). The number of aromatic nitrogens is 1. The maximum absolute atomic E-state index is 12.1. The van der Waals surface area contributed by atoms with Crippen LogP contribution in [0.2, 0.25) is 0 Å². The van der Waals surface area contributed by atoms with Gasteiger partial charge in [0.25, 0.3) is 5.91 Å². The lowest BCUT2D eigenvalue weighted by atomic mass is 10.00. The third-order valence-corrected chi connectivity index (χ3v) is 4.31. The van der Waals surface area contributed by atoms with Crippen LogP contribution < -0.4 is 10.5 Å². The molecule has 0 spiro atoms. The van der Waals surface area contributed by atoms with Crippen molar-refractivity contribution in [2.24, 2.45) is 5.73 Å². The van der Waals surface area contributed by atoms with Gasteiger partial charge < -0.3 is 19.8 Å². The highest BCUT2D eigenvalue weighted by Gasteiger charge is 2.22. The van der Waals surface area contributed by atoms with Crippen molar-refractivity contribution in [1.82, 2.24) is 4.57 Å². The van der Waals surface area contributed by atoms with Gasteiger partial charge >= 0.3 is 5.97 Å². The first-order chi connectivity index (χ1) is 12.4. The topological polar surface area (TPSA) is 83.6 Å². The summed E-state index contributed by atoms with van der Waals surface area (Å²) in [6.45, 7) is 9.33. The van der Waals surface area contributed by atoms with Gasteiger partial charge in [0.2, 0.25) is 0 Å². The first-order valence-electron chi connectivity index (χ1n) is 8.72. The van der Waals surface area contributed by atoms with E-state index in [0.717, 1.165) is 35.5 Å². The molecular weight excluding hydrogens is 332 g/mol. The van der Waals surface area contributed by atoms with Gasteiger partial charge in [0.05, 0.1) is 5.56 Å². The lowest BCUT2D eigenvalue weighted by Gasteiger charge is -2.10. The molecule has 6 heteroatoms. The van der Waals surface area contributed by atoms with Crippen LogP contribution in [0.25, 0.3) is 11.1 Å². The number of primary amides is 1. The zero-order valence-corrected chi connectivity index (χ0v) is 15.8.